The van der Waals surface area contributed by atoms with Crippen molar-refractivity contribution in [2.75, 3.05) is 52.8 Å². The van der Waals surface area contributed by atoms with E-state index in [1.54, 1.807) is 0 Å². The highest BCUT2D eigenvalue weighted by molar-refractivity contribution is 7.45. The summed E-state index contributed by atoms with van der Waals surface area (Å²) in [6.07, 6.45) is -1.79. The smallest absolute Gasteiger partial charge is 0.407 e. The van der Waals surface area contributed by atoms with Crippen LogP contribution in [-0.4, -0.2) is 83.0 Å². The maximum atomic E-state index is 11.7. The van der Waals surface area contributed by atoms with Crippen LogP contribution in [-0.2, 0) is 46.9 Å². The number of carbonyl (C=O) groups excluding carboxylic acids is 3. The molecule has 0 aliphatic rings. The topological polar surface area (TPSA) is 168 Å². The summed E-state index contributed by atoms with van der Waals surface area (Å²) in [6, 6.07) is 0. The maximum Gasteiger partial charge on any atom is 0.407 e. The van der Waals surface area contributed by atoms with Gasteiger partial charge in [-0.2, -0.15) is 0 Å². The van der Waals surface area contributed by atoms with Gasteiger partial charge in [0.2, 0.25) is 0 Å². The molecular formula is C17H31NO12P-. The second-order valence-electron chi connectivity index (χ2n) is 6.20. The number of amides is 1. The van der Waals surface area contributed by atoms with Gasteiger partial charge in [0, 0.05) is 20.4 Å². The Balaban J connectivity index is 3.94. The van der Waals surface area contributed by atoms with Crippen molar-refractivity contribution in [1.29, 1.82) is 0 Å². The second kappa shape index (κ2) is 16.9. The summed E-state index contributed by atoms with van der Waals surface area (Å²) in [5.41, 5.74) is 0. The summed E-state index contributed by atoms with van der Waals surface area (Å²) in [4.78, 5) is 45.0. The van der Waals surface area contributed by atoms with Gasteiger partial charge >= 0.3 is 18.0 Å². The third-order valence-electron chi connectivity index (χ3n) is 2.98. The summed E-state index contributed by atoms with van der Waals surface area (Å²) in [7, 11) is -4.75. The summed E-state index contributed by atoms with van der Waals surface area (Å²) >= 11 is 0. The van der Waals surface area contributed by atoms with Crippen LogP contribution in [0, 0.1) is 0 Å². The summed E-state index contributed by atoms with van der Waals surface area (Å²) < 4.78 is 45.6. The molecule has 0 aliphatic carbocycles. The van der Waals surface area contributed by atoms with Crippen molar-refractivity contribution in [3.63, 3.8) is 0 Å². The van der Waals surface area contributed by atoms with Crippen LogP contribution in [0.15, 0.2) is 0 Å². The Morgan fingerprint density at radius 1 is 0.903 bits per heavy atom. The molecule has 0 saturated carbocycles. The maximum absolute atomic E-state index is 11.7. The van der Waals surface area contributed by atoms with Crippen molar-refractivity contribution in [1.82, 2.24) is 5.32 Å². The minimum Gasteiger partial charge on any atom is -0.756 e. The third-order valence-corrected chi connectivity index (χ3v) is 3.95. The molecule has 13 nitrogen and oxygen atoms in total. The first-order valence-corrected chi connectivity index (χ1v) is 11.0. The van der Waals surface area contributed by atoms with E-state index in [9.17, 15) is 23.8 Å². The van der Waals surface area contributed by atoms with Gasteiger partial charge in [0.25, 0.3) is 7.82 Å². The average Bonchev–Trinajstić information content (AvgIpc) is 2.66. The van der Waals surface area contributed by atoms with Gasteiger partial charge in [0.05, 0.1) is 39.1 Å². The Bertz CT molecular complexity index is 585. The lowest BCUT2D eigenvalue weighted by Crippen LogP contribution is -2.30. The van der Waals surface area contributed by atoms with E-state index >= 15 is 0 Å². The van der Waals surface area contributed by atoms with E-state index < -0.39 is 45.2 Å². The molecule has 0 aromatic heterocycles. The zero-order valence-corrected chi connectivity index (χ0v) is 19.1. The fourth-order valence-corrected chi connectivity index (χ4v) is 2.51. The third kappa shape index (κ3) is 19.9. The van der Waals surface area contributed by atoms with Crippen LogP contribution in [0.1, 0.15) is 27.7 Å². The number of esters is 2. The molecular weight excluding hydrogens is 441 g/mol. The van der Waals surface area contributed by atoms with Gasteiger partial charge in [0.15, 0.2) is 6.10 Å². The van der Waals surface area contributed by atoms with Gasteiger partial charge in [-0.25, -0.2) is 4.79 Å². The van der Waals surface area contributed by atoms with E-state index in [1.807, 2.05) is 13.8 Å². The van der Waals surface area contributed by atoms with Crippen molar-refractivity contribution >= 4 is 25.9 Å². The molecule has 182 valence electrons. The second-order valence-corrected chi connectivity index (χ2v) is 7.62. The lowest BCUT2D eigenvalue weighted by atomic mass is 10.4. The van der Waals surface area contributed by atoms with Gasteiger partial charge in [-0.05, 0) is 13.8 Å². The number of nitrogens with one attached hydrogen (secondary N) is 1. The van der Waals surface area contributed by atoms with Crippen molar-refractivity contribution in [2.45, 2.75) is 39.9 Å². The van der Waals surface area contributed by atoms with Crippen LogP contribution in [0.3, 0.4) is 0 Å². The number of alkyl carbamates (subject to hydrolysis) is 1. The number of carbonyl (C=O) groups is 3. The molecule has 0 aromatic rings. The van der Waals surface area contributed by atoms with Crippen molar-refractivity contribution in [3.8, 4) is 0 Å². The van der Waals surface area contributed by atoms with E-state index in [0.717, 1.165) is 13.8 Å². The van der Waals surface area contributed by atoms with Gasteiger partial charge in [-0.1, -0.05) is 0 Å². The predicted molar refractivity (Wildman–Crippen MR) is 103 cm³/mol. The van der Waals surface area contributed by atoms with Crippen LogP contribution in [0.5, 0.6) is 0 Å². The number of hydrogen-bond donors (Lipinski definition) is 1. The lowest BCUT2D eigenvalue weighted by molar-refractivity contribution is -0.228. The molecule has 2 atom stereocenters. The predicted octanol–water partition coefficient (Wildman–Crippen LogP) is 0.151. The summed E-state index contributed by atoms with van der Waals surface area (Å²) in [5, 5.41) is 2.29. The van der Waals surface area contributed by atoms with E-state index in [4.69, 9.17) is 18.9 Å². The normalized spacial score (nSPS) is 13.9. The fraction of sp³-hybridized carbons (Fsp3) is 0.824. The Labute approximate surface area is 181 Å². The fourth-order valence-electron chi connectivity index (χ4n) is 1.77. The lowest BCUT2D eigenvalue weighted by Gasteiger charge is -2.25. The highest BCUT2D eigenvalue weighted by atomic mass is 31.2. The summed E-state index contributed by atoms with van der Waals surface area (Å²) in [6.45, 7) is 5.48. The van der Waals surface area contributed by atoms with Gasteiger partial charge in [-0.3, -0.25) is 14.2 Å². The average molecular weight is 472 g/mol. The van der Waals surface area contributed by atoms with Gasteiger partial charge in [0.1, 0.15) is 13.2 Å². The highest BCUT2D eigenvalue weighted by Gasteiger charge is 2.19. The number of phosphoric ester groups is 1. The quantitative estimate of drug-likeness (QED) is 0.132. The number of rotatable bonds is 17. The van der Waals surface area contributed by atoms with Crippen molar-refractivity contribution in [2.24, 2.45) is 0 Å². The molecule has 0 rings (SSSR count). The number of phosphoric acid groups is 1. The first-order valence-electron chi connectivity index (χ1n) is 9.52. The molecule has 1 amide bonds. The number of hydrogen-bond acceptors (Lipinski definition) is 12. The molecule has 1 unspecified atom stereocenters. The van der Waals surface area contributed by atoms with Crippen molar-refractivity contribution in [3.05, 3.63) is 0 Å². The van der Waals surface area contributed by atoms with Crippen LogP contribution >= 0.6 is 7.82 Å². The Hall–Kier alpha value is -1.76. The van der Waals surface area contributed by atoms with Crippen molar-refractivity contribution < 1.29 is 56.6 Å². The van der Waals surface area contributed by atoms with E-state index in [2.05, 4.69) is 19.1 Å². The standard InChI is InChI=1S/C17H32NO12P/c1-13(2)25-9-7-24-8-10-26-17(21)18-5-6-28-31(22,23)29-12-16(30-15(4)20)11-27-14(3)19/h13,16H,5-12H2,1-4H3,(H,18,21)(H,22,23)/p-1/t16-/m1/s1. The molecule has 0 aromatic carbocycles. The zero-order chi connectivity index (χ0) is 23.7. The molecule has 0 bridgehead atoms. The minimum atomic E-state index is -4.75. The van der Waals surface area contributed by atoms with E-state index in [0.29, 0.717) is 13.2 Å². The molecule has 1 N–H and O–H groups in total. The number of ether oxygens (including phenoxy) is 5. The van der Waals surface area contributed by atoms with E-state index in [-0.39, 0.29) is 32.5 Å². The van der Waals surface area contributed by atoms with Crippen LogP contribution < -0.4 is 10.2 Å². The first kappa shape index (κ1) is 29.2. The molecule has 0 heterocycles. The molecule has 0 aliphatic heterocycles. The molecule has 0 spiro atoms. The Kier molecular flexibility index (Phi) is 15.9. The highest BCUT2D eigenvalue weighted by Crippen LogP contribution is 2.38. The minimum absolute atomic E-state index is 0.0113. The van der Waals surface area contributed by atoms with Crippen LogP contribution in [0.2, 0.25) is 0 Å². The molecule has 0 fully saturated rings. The molecule has 31 heavy (non-hydrogen) atoms. The largest absolute Gasteiger partial charge is 0.756 e. The van der Waals surface area contributed by atoms with Gasteiger partial charge in [-0.15, -0.1) is 0 Å². The van der Waals surface area contributed by atoms with Crippen LogP contribution in [0.25, 0.3) is 0 Å². The zero-order valence-electron chi connectivity index (χ0n) is 18.2. The van der Waals surface area contributed by atoms with E-state index in [1.165, 1.54) is 0 Å². The Morgan fingerprint density at radius 3 is 2.19 bits per heavy atom. The molecule has 14 heteroatoms. The Morgan fingerprint density at radius 2 is 1.58 bits per heavy atom. The SMILES string of the molecule is CC(=O)OC[C@H](COP(=O)([O-])OCCNC(=O)OCCOCCOC(C)C)OC(C)=O. The van der Waals surface area contributed by atoms with Crippen LogP contribution in [0.4, 0.5) is 4.79 Å². The molecule has 0 radical (unpaired) electrons. The summed E-state index contributed by atoms with van der Waals surface area (Å²) in [5.74, 6) is -1.34. The monoisotopic (exact) mass is 472 g/mol. The first-order chi connectivity index (χ1) is 14.5. The molecule has 0 saturated heterocycles. The van der Waals surface area contributed by atoms with Gasteiger partial charge < -0.3 is 42.9 Å².